The van der Waals surface area contributed by atoms with Crippen LogP contribution in [0.5, 0.6) is 0 Å². The average molecular weight is 363 g/mol. The number of hydrogen-bond acceptors (Lipinski definition) is 3. The molecular formula is C16H13BrClN3. The first-order valence-corrected chi connectivity index (χ1v) is 7.62. The van der Waals surface area contributed by atoms with Crippen LogP contribution in [0.2, 0.25) is 5.02 Å². The molecule has 0 fully saturated rings. The quantitative estimate of drug-likeness (QED) is 0.542. The molecule has 0 saturated heterocycles. The Kier molecular flexibility index (Phi) is 4.22. The molecule has 1 unspecified atom stereocenters. The lowest BCUT2D eigenvalue weighted by Gasteiger charge is -2.19. The van der Waals surface area contributed by atoms with Gasteiger partial charge in [-0.25, -0.2) is 5.43 Å². The molecule has 0 saturated carbocycles. The number of halogens is 2. The second kappa shape index (κ2) is 6.12. The van der Waals surface area contributed by atoms with Crippen molar-refractivity contribution in [2.75, 3.05) is 0 Å². The zero-order chi connectivity index (χ0) is 14.8. The van der Waals surface area contributed by atoms with Gasteiger partial charge < -0.3 is 0 Å². The maximum Gasteiger partial charge on any atom is 0.0753 e. The summed E-state index contributed by atoms with van der Waals surface area (Å²) < 4.78 is 0.861. The van der Waals surface area contributed by atoms with Crippen LogP contribution in [0.4, 0.5) is 0 Å². The van der Waals surface area contributed by atoms with E-state index >= 15 is 0 Å². The average Bonchev–Trinajstić information content (AvgIpc) is 2.52. The Labute approximate surface area is 136 Å². The highest BCUT2D eigenvalue weighted by molar-refractivity contribution is 9.10. The summed E-state index contributed by atoms with van der Waals surface area (Å²) in [6, 6.07) is 15.7. The van der Waals surface area contributed by atoms with Crippen LogP contribution >= 0.6 is 27.5 Å². The number of para-hydroxylation sites is 1. The van der Waals surface area contributed by atoms with Crippen LogP contribution in [0.15, 0.2) is 59.2 Å². The third-order valence-electron chi connectivity index (χ3n) is 3.42. The highest BCUT2D eigenvalue weighted by Gasteiger charge is 2.16. The Morgan fingerprint density at radius 3 is 2.71 bits per heavy atom. The number of fused-ring (bicyclic) bond motifs is 1. The summed E-state index contributed by atoms with van der Waals surface area (Å²) in [5.74, 6) is 5.78. The smallest absolute Gasteiger partial charge is 0.0753 e. The van der Waals surface area contributed by atoms with Crippen LogP contribution in [0.25, 0.3) is 10.9 Å². The predicted molar refractivity (Wildman–Crippen MR) is 90.1 cm³/mol. The molecule has 1 aromatic heterocycles. The van der Waals surface area contributed by atoms with Gasteiger partial charge in [0.1, 0.15) is 0 Å². The highest BCUT2D eigenvalue weighted by Crippen LogP contribution is 2.31. The van der Waals surface area contributed by atoms with E-state index in [1.165, 1.54) is 0 Å². The third kappa shape index (κ3) is 2.80. The molecule has 0 aliphatic carbocycles. The molecule has 0 spiro atoms. The van der Waals surface area contributed by atoms with Crippen molar-refractivity contribution >= 4 is 38.4 Å². The molecular weight excluding hydrogens is 350 g/mol. The second-order valence-electron chi connectivity index (χ2n) is 4.70. The zero-order valence-corrected chi connectivity index (χ0v) is 13.4. The van der Waals surface area contributed by atoms with Crippen molar-refractivity contribution in [1.29, 1.82) is 0 Å². The lowest BCUT2D eigenvalue weighted by Crippen LogP contribution is -2.29. The summed E-state index contributed by atoms with van der Waals surface area (Å²) in [6.07, 6.45) is 1.79. The molecule has 21 heavy (non-hydrogen) atoms. The van der Waals surface area contributed by atoms with Gasteiger partial charge in [-0.3, -0.25) is 10.8 Å². The van der Waals surface area contributed by atoms with Crippen molar-refractivity contribution in [2.45, 2.75) is 6.04 Å². The minimum atomic E-state index is -0.172. The van der Waals surface area contributed by atoms with Crippen molar-refractivity contribution < 1.29 is 0 Å². The number of benzene rings is 2. The number of rotatable bonds is 3. The molecule has 2 aromatic carbocycles. The lowest BCUT2D eigenvalue weighted by molar-refractivity contribution is 0.640. The minimum Gasteiger partial charge on any atom is -0.271 e. The summed E-state index contributed by atoms with van der Waals surface area (Å²) in [5, 5.41) is 1.74. The normalized spacial score (nSPS) is 12.5. The van der Waals surface area contributed by atoms with Crippen molar-refractivity contribution in [1.82, 2.24) is 10.4 Å². The van der Waals surface area contributed by atoms with E-state index in [0.29, 0.717) is 5.02 Å². The molecule has 0 aliphatic heterocycles. The molecule has 0 aliphatic rings. The Hall–Kier alpha value is -1.46. The molecule has 3 aromatic rings. The molecule has 3 N–H and O–H groups in total. The molecule has 0 bridgehead atoms. The minimum absolute atomic E-state index is 0.172. The van der Waals surface area contributed by atoms with Crippen LogP contribution in [0.3, 0.4) is 0 Å². The van der Waals surface area contributed by atoms with Gasteiger partial charge in [0.2, 0.25) is 0 Å². The number of nitrogens with one attached hydrogen (secondary N) is 1. The number of hydrazine groups is 1. The molecule has 5 heteroatoms. The van der Waals surface area contributed by atoms with Gasteiger partial charge in [-0.1, -0.05) is 41.9 Å². The van der Waals surface area contributed by atoms with Gasteiger partial charge in [-0.05, 0) is 39.7 Å². The maximum atomic E-state index is 6.19. The summed E-state index contributed by atoms with van der Waals surface area (Å²) >= 11 is 9.59. The first kappa shape index (κ1) is 14.5. The standard InChI is InChI=1S/C16H13BrClN3/c17-13-7-6-11(9-14(13)18)16(21-19)12-5-1-3-10-4-2-8-20-15(10)12/h1-9,16,21H,19H2. The second-order valence-corrected chi connectivity index (χ2v) is 5.96. The van der Waals surface area contributed by atoms with E-state index in [1.807, 2.05) is 48.5 Å². The van der Waals surface area contributed by atoms with Crippen LogP contribution in [0.1, 0.15) is 17.2 Å². The van der Waals surface area contributed by atoms with Gasteiger partial charge >= 0.3 is 0 Å². The van der Waals surface area contributed by atoms with E-state index in [9.17, 15) is 0 Å². The van der Waals surface area contributed by atoms with Crippen molar-refractivity contribution in [3.8, 4) is 0 Å². The predicted octanol–water partition coefficient (Wildman–Crippen LogP) is 4.20. The van der Waals surface area contributed by atoms with Crippen molar-refractivity contribution in [2.24, 2.45) is 5.84 Å². The molecule has 1 atom stereocenters. The molecule has 0 amide bonds. The molecule has 1 heterocycles. The monoisotopic (exact) mass is 361 g/mol. The van der Waals surface area contributed by atoms with Crippen LogP contribution in [0, 0.1) is 0 Å². The Morgan fingerprint density at radius 1 is 1.14 bits per heavy atom. The fraction of sp³-hybridized carbons (Fsp3) is 0.0625. The van der Waals surface area contributed by atoms with E-state index in [0.717, 1.165) is 26.5 Å². The molecule has 106 valence electrons. The summed E-state index contributed by atoms with van der Waals surface area (Å²) in [5.41, 5.74) is 5.80. The number of aromatic nitrogens is 1. The zero-order valence-electron chi connectivity index (χ0n) is 11.1. The third-order valence-corrected chi connectivity index (χ3v) is 4.65. The van der Waals surface area contributed by atoms with E-state index in [4.69, 9.17) is 17.4 Å². The number of nitrogens with two attached hydrogens (primary N) is 1. The van der Waals surface area contributed by atoms with E-state index in [2.05, 4.69) is 26.3 Å². The lowest BCUT2D eigenvalue weighted by atomic mass is 9.97. The maximum absolute atomic E-state index is 6.19. The summed E-state index contributed by atoms with van der Waals surface area (Å²) in [7, 11) is 0. The van der Waals surface area contributed by atoms with E-state index in [-0.39, 0.29) is 6.04 Å². The van der Waals surface area contributed by atoms with Gasteiger partial charge in [0.15, 0.2) is 0 Å². The molecule has 3 rings (SSSR count). The van der Waals surface area contributed by atoms with Crippen molar-refractivity contribution in [3.63, 3.8) is 0 Å². The number of nitrogens with zero attached hydrogens (tertiary/aromatic N) is 1. The van der Waals surface area contributed by atoms with Crippen LogP contribution in [-0.2, 0) is 0 Å². The van der Waals surface area contributed by atoms with Gasteiger partial charge in [0.25, 0.3) is 0 Å². The van der Waals surface area contributed by atoms with Gasteiger partial charge in [-0.15, -0.1) is 0 Å². The highest BCUT2D eigenvalue weighted by atomic mass is 79.9. The first-order chi connectivity index (χ1) is 10.2. The van der Waals surface area contributed by atoms with Crippen LogP contribution in [-0.4, -0.2) is 4.98 Å². The Bertz CT molecular complexity index is 786. The van der Waals surface area contributed by atoms with E-state index < -0.39 is 0 Å². The van der Waals surface area contributed by atoms with Crippen molar-refractivity contribution in [3.05, 3.63) is 75.4 Å². The summed E-state index contributed by atoms with van der Waals surface area (Å²) in [4.78, 5) is 4.48. The Balaban J connectivity index is 2.16. The van der Waals surface area contributed by atoms with E-state index in [1.54, 1.807) is 6.20 Å². The van der Waals surface area contributed by atoms with Gasteiger partial charge in [-0.2, -0.15) is 0 Å². The fourth-order valence-electron chi connectivity index (χ4n) is 2.42. The molecule has 3 nitrogen and oxygen atoms in total. The Morgan fingerprint density at radius 2 is 1.95 bits per heavy atom. The first-order valence-electron chi connectivity index (χ1n) is 6.45. The SMILES string of the molecule is NNC(c1ccc(Br)c(Cl)c1)c1cccc2cccnc12. The largest absolute Gasteiger partial charge is 0.271 e. The number of pyridine rings is 1. The van der Waals surface area contributed by atoms with Gasteiger partial charge in [0, 0.05) is 21.6 Å². The van der Waals surface area contributed by atoms with Crippen LogP contribution < -0.4 is 11.3 Å². The number of hydrogen-bond donors (Lipinski definition) is 2. The fourth-order valence-corrected chi connectivity index (χ4v) is 2.85. The summed E-state index contributed by atoms with van der Waals surface area (Å²) in [6.45, 7) is 0. The van der Waals surface area contributed by atoms with Gasteiger partial charge in [0.05, 0.1) is 16.6 Å². The topological polar surface area (TPSA) is 50.9 Å². The molecule has 0 radical (unpaired) electrons.